The van der Waals surface area contributed by atoms with Crippen LogP contribution in [0.1, 0.15) is 15.9 Å². The van der Waals surface area contributed by atoms with E-state index in [1.165, 1.54) is 0 Å². The van der Waals surface area contributed by atoms with E-state index in [0.29, 0.717) is 29.2 Å². The third-order valence-electron chi connectivity index (χ3n) is 3.91. The minimum absolute atomic E-state index is 0.00982. The first kappa shape index (κ1) is 15.3. The lowest BCUT2D eigenvalue weighted by atomic mass is 10.1. The van der Waals surface area contributed by atoms with Gasteiger partial charge in [-0.3, -0.25) is 9.78 Å². The molecular formula is C17H15ClN4O. The van der Waals surface area contributed by atoms with Gasteiger partial charge in [-0.1, -0.05) is 11.6 Å². The number of amides is 1. The number of nitrogens with zero attached hydrogens (tertiary/aromatic N) is 4. The lowest BCUT2D eigenvalue weighted by molar-refractivity contribution is 0.0746. The molecule has 3 rings (SSSR count). The van der Waals surface area contributed by atoms with Crippen LogP contribution in [-0.4, -0.2) is 42.0 Å². The predicted octanol–water partition coefficient (Wildman–Crippen LogP) is 2.57. The van der Waals surface area contributed by atoms with Gasteiger partial charge in [0.05, 0.1) is 16.1 Å². The van der Waals surface area contributed by atoms with Gasteiger partial charge in [-0.05, 0) is 30.3 Å². The summed E-state index contributed by atoms with van der Waals surface area (Å²) in [6, 6.07) is 11.0. The first-order valence-corrected chi connectivity index (χ1v) is 7.71. The van der Waals surface area contributed by atoms with Gasteiger partial charge in [-0.15, -0.1) is 0 Å². The van der Waals surface area contributed by atoms with E-state index in [0.717, 1.165) is 18.8 Å². The molecule has 0 atom stereocenters. The SMILES string of the molecule is N#Cc1ccc(N2CCN(C(=O)c3cccnc3)CC2)cc1Cl. The normalized spacial score (nSPS) is 14.4. The van der Waals surface area contributed by atoms with Gasteiger partial charge >= 0.3 is 0 Å². The van der Waals surface area contributed by atoms with Crippen LogP contribution < -0.4 is 4.90 Å². The van der Waals surface area contributed by atoms with Crippen molar-refractivity contribution in [3.8, 4) is 6.07 Å². The summed E-state index contributed by atoms with van der Waals surface area (Å²) >= 11 is 6.09. The summed E-state index contributed by atoms with van der Waals surface area (Å²) in [5, 5.41) is 9.38. The molecule has 1 aromatic heterocycles. The Labute approximate surface area is 139 Å². The van der Waals surface area contributed by atoms with Crippen molar-refractivity contribution in [2.45, 2.75) is 0 Å². The standard InChI is InChI=1S/C17H15ClN4O/c18-16-10-15(4-3-13(16)11-19)21-6-8-22(9-7-21)17(23)14-2-1-5-20-12-14/h1-5,10,12H,6-9H2. The summed E-state index contributed by atoms with van der Waals surface area (Å²) in [5.41, 5.74) is 2.06. The van der Waals surface area contributed by atoms with Gasteiger partial charge < -0.3 is 9.80 Å². The number of aromatic nitrogens is 1. The van der Waals surface area contributed by atoms with Gasteiger partial charge in [-0.2, -0.15) is 5.26 Å². The van der Waals surface area contributed by atoms with E-state index in [1.54, 1.807) is 36.7 Å². The summed E-state index contributed by atoms with van der Waals surface area (Å²) in [6.45, 7) is 2.75. The molecule has 0 bridgehead atoms. The number of hydrogen-bond donors (Lipinski definition) is 0. The molecule has 0 unspecified atom stereocenters. The summed E-state index contributed by atoms with van der Waals surface area (Å²) in [7, 11) is 0. The van der Waals surface area contributed by atoms with Crippen molar-refractivity contribution in [3.63, 3.8) is 0 Å². The molecule has 0 aliphatic carbocycles. The number of carbonyl (C=O) groups is 1. The molecule has 5 nitrogen and oxygen atoms in total. The van der Waals surface area contributed by atoms with Gasteiger partial charge in [0, 0.05) is 44.3 Å². The Bertz CT molecular complexity index is 749. The van der Waals surface area contributed by atoms with Gasteiger partial charge in [0.2, 0.25) is 0 Å². The lowest BCUT2D eigenvalue weighted by Crippen LogP contribution is -2.48. The number of anilines is 1. The van der Waals surface area contributed by atoms with E-state index in [1.807, 2.05) is 11.0 Å². The number of hydrogen-bond acceptors (Lipinski definition) is 4. The number of benzene rings is 1. The first-order valence-electron chi connectivity index (χ1n) is 7.33. The molecule has 1 fully saturated rings. The molecule has 2 aromatic rings. The molecule has 1 saturated heterocycles. The second-order valence-electron chi connectivity index (χ2n) is 5.30. The van der Waals surface area contributed by atoms with Crippen LogP contribution in [0.5, 0.6) is 0 Å². The highest BCUT2D eigenvalue weighted by Gasteiger charge is 2.22. The highest BCUT2D eigenvalue weighted by Crippen LogP contribution is 2.24. The van der Waals surface area contributed by atoms with Crippen molar-refractivity contribution < 1.29 is 4.79 Å². The minimum atomic E-state index is 0.00982. The van der Waals surface area contributed by atoms with E-state index in [2.05, 4.69) is 16.0 Å². The molecule has 23 heavy (non-hydrogen) atoms. The topological polar surface area (TPSA) is 60.2 Å². The largest absolute Gasteiger partial charge is 0.368 e. The van der Waals surface area contributed by atoms with Crippen molar-refractivity contribution in [2.75, 3.05) is 31.1 Å². The third-order valence-corrected chi connectivity index (χ3v) is 4.23. The quantitative estimate of drug-likeness (QED) is 0.851. The second kappa shape index (κ2) is 6.67. The van der Waals surface area contributed by atoms with Crippen molar-refractivity contribution in [3.05, 3.63) is 58.9 Å². The summed E-state index contributed by atoms with van der Waals surface area (Å²) in [6.07, 6.45) is 3.25. The Morgan fingerprint density at radius 2 is 2.00 bits per heavy atom. The fourth-order valence-corrected chi connectivity index (χ4v) is 2.85. The number of nitriles is 1. The number of piperazine rings is 1. The molecule has 1 aliphatic rings. The van der Waals surface area contributed by atoms with Crippen LogP contribution in [0.3, 0.4) is 0 Å². The van der Waals surface area contributed by atoms with E-state index in [4.69, 9.17) is 16.9 Å². The van der Waals surface area contributed by atoms with Crippen molar-refractivity contribution in [1.82, 2.24) is 9.88 Å². The van der Waals surface area contributed by atoms with Crippen LogP contribution >= 0.6 is 11.6 Å². The molecular weight excluding hydrogens is 312 g/mol. The van der Waals surface area contributed by atoms with Crippen LogP contribution in [0.25, 0.3) is 0 Å². The smallest absolute Gasteiger partial charge is 0.255 e. The van der Waals surface area contributed by atoms with Crippen molar-refractivity contribution in [1.29, 1.82) is 5.26 Å². The average molecular weight is 327 g/mol. The fraction of sp³-hybridized carbons (Fsp3) is 0.235. The molecule has 1 aromatic carbocycles. The molecule has 1 amide bonds. The predicted molar refractivity (Wildman–Crippen MR) is 88.5 cm³/mol. The van der Waals surface area contributed by atoms with Crippen LogP contribution in [0.2, 0.25) is 5.02 Å². The molecule has 0 radical (unpaired) electrons. The zero-order valence-corrected chi connectivity index (χ0v) is 13.2. The minimum Gasteiger partial charge on any atom is -0.368 e. The summed E-state index contributed by atoms with van der Waals surface area (Å²) in [5.74, 6) is 0.00982. The lowest BCUT2D eigenvalue weighted by Gasteiger charge is -2.36. The summed E-state index contributed by atoms with van der Waals surface area (Å²) in [4.78, 5) is 20.4. The average Bonchev–Trinajstić information content (AvgIpc) is 2.62. The van der Waals surface area contributed by atoms with Crippen LogP contribution in [0.4, 0.5) is 5.69 Å². The van der Waals surface area contributed by atoms with Crippen LogP contribution in [0, 0.1) is 11.3 Å². The van der Waals surface area contributed by atoms with Crippen LogP contribution in [0.15, 0.2) is 42.7 Å². The Morgan fingerprint density at radius 3 is 2.61 bits per heavy atom. The maximum absolute atomic E-state index is 12.4. The molecule has 2 heterocycles. The van der Waals surface area contributed by atoms with Crippen molar-refractivity contribution >= 4 is 23.2 Å². The Morgan fingerprint density at radius 1 is 1.22 bits per heavy atom. The molecule has 1 aliphatic heterocycles. The van der Waals surface area contributed by atoms with Crippen LogP contribution in [-0.2, 0) is 0 Å². The van der Waals surface area contributed by atoms with Gasteiger partial charge in [-0.25, -0.2) is 0 Å². The second-order valence-corrected chi connectivity index (χ2v) is 5.70. The molecule has 0 saturated carbocycles. The first-order chi connectivity index (χ1) is 11.2. The number of halogens is 1. The van der Waals surface area contributed by atoms with E-state index in [9.17, 15) is 4.79 Å². The zero-order chi connectivity index (χ0) is 16.2. The van der Waals surface area contributed by atoms with E-state index >= 15 is 0 Å². The number of rotatable bonds is 2. The zero-order valence-electron chi connectivity index (χ0n) is 12.4. The van der Waals surface area contributed by atoms with E-state index < -0.39 is 0 Å². The van der Waals surface area contributed by atoms with E-state index in [-0.39, 0.29) is 5.91 Å². The molecule has 116 valence electrons. The summed E-state index contributed by atoms with van der Waals surface area (Å²) < 4.78 is 0. The monoisotopic (exact) mass is 326 g/mol. The Balaban J connectivity index is 1.66. The Kier molecular flexibility index (Phi) is 4.45. The maximum atomic E-state index is 12.4. The Hall–Kier alpha value is -2.58. The van der Waals surface area contributed by atoms with Gasteiger partial charge in [0.25, 0.3) is 5.91 Å². The molecule has 6 heteroatoms. The number of carbonyl (C=O) groups excluding carboxylic acids is 1. The molecule has 0 spiro atoms. The van der Waals surface area contributed by atoms with Gasteiger partial charge in [0.1, 0.15) is 6.07 Å². The molecule has 0 N–H and O–H groups in total. The third kappa shape index (κ3) is 3.27. The van der Waals surface area contributed by atoms with Crippen molar-refractivity contribution in [2.24, 2.45) is 0 Å². The fourth-order valence-electron chi connectivity index (χ4n) is 2.63. The number of pyridine rings is 1. The van der Waals surface area contributed by atoms with Gasteiger partial charge in [0.15, 0.2) is 0 Å². The highest BCUT2D eigenvalue weighted by atomic mass is 35.5. The maximum Gasteiger partial charge on any atom is 0.255 e. The highest BCUT2D eigenvalue weighted by molar-refractivity contribution is 6.32.